The third-order valence-electron chi connectivity index (χ3n) is 9.89. The number of unbranched alkanes of at least 4 members (excludes halogenated alkanes) is 11. The Morgan fingerprint density at radius 1 is 0.333 bits per heavy atom. The molecule has 0 N–H and O–H groups in total. The third-order valence-corrected chi connectivity index (χ3v) is 9.89. The first-order chi connectivity index (χ1) is 32.5. The molecule has 0 saturated carbocycles. The van der Waals surface area contributed by atoms with Crippen LogP contribution in [0, 0.1) is 0 Å². The molecule has 0 aromatic heterocycles. The molecule has 0 amide bonds. The van der Waals surface area contributed by atoms with Gasteiger partial charge in [0.25, 0.3) is 0 Å². The summed E-state index contributed by atoms with van der Waals surface area (Å²) in [5.74, 6) is -1.09. The fourth-order valence-corrected chi connectivity index (χ4v) is 6.06. The van der Waals surface area contributed by atoms with E-state index in [2.05, 4.69) is 130 Å². The van der Waals surface area contributed by atoms with Crippen molar-refractivity contribution in [3.05, 3.63) is 158 Å². The molecule has 0 saturated heterocycles. The molecule has 0 rings (SSSR count). The smallest absolute Gasteiger partial charge is 0.306 e. The van der Waals surface area contributed by atoms with Gasteiger partial charge in [-0.1, -0.05) is 224 Å². The maximum atomic E-state index is 12.8. The molecule has 0 aromatic rings. The van der Waals surface area contributed by atoms with Crippen molar-refractivity contribution in [3.8, 4) is 0 Å². The second-order valence-electron chi connectivity index (χ2n) is 16.1. The lowest BCUT2D eigenvalue weighted by Crippen LogP contribution is -2.30. The predicted octanol–water partition coefficient (Wildman–Crippen LogP) is 17.0. The summed E-state index contributed by atoms with van der Waals surface area (Å²) in [5.41, 5.74) is 0. The lowest BCUT2D eigenvalue weighted by atomic mass is 10.1. The molecule has 6 heteroatoms. The van der Waals surface area contributed by atoms with Crippen molar-refractivity contribution in [3.63, 3.8) is 0 Å². The van der Waals surface area contributed by atoms with Gasteiger partial charge in [-0.2, -0.15) is 0 Å². The summed E-state index contributed by atoms with van der Waals surface area (Å²) >= 11 is 0. The fourth-order valence-electron chi connectivity index (χ4n) is 6.06. The lowest BCUT2D eigenvalue weighted by molar-refractivity contribution is -0.166. The molecule has 0 heterocycles. The van der Waals surface area contributed by atoms with Crippen molar-refractivity contribution in [2.45, 2.75) is 187 Å². The molecule has 0 spiro atoms. The Bertz CT molecular complexity index is 1560. The summed E-state index contributed by atoms with van der Waals surface area (Å²) in [7, 11) is 0. The summed E-state index contributed by atoms with van der Waals surface area (Å²) in [6.07, 6.45) is 76.6. The zero-order valence-electron chi connectivity index (χ0n) is 41.6. The van der Waals surface area contributed by atoms with E-state index in [1.807, 2.05) is 48.6 Å². The van der Waals surface area contributed by atoms with Gasteiger partial charge in [0.1, 0.15) is 13.2 Å². The Morgan fingerprint density at radius 2 is 0.712 bits per heavy atom. The Labute approximate surface area is 403 Å². The monoisotopic (exact) mass is 907 g/mol. The van der Waals surface area contributed by atoms with E-state index >= 15 is 0 Å². The number of carbonyl (C=O) groups excluding carboxylic acids is 3. The van der Waals surface area contributed by atoms with Crippen molar-refractivity contribution in [2.24, 2.45) is 0 Å². The highest BCUT2D eigenvalue weighted by Crippen LogP contribution is 2.11. The van der Waals surface area contributed by atoms with Gasteiger partial charge in [0, 0.05) is 19.3 Å². The molecule has 0 fully saturated rings. The van der Waals surface area contributed by atoms with Crippen LogP contribution in [0.2, 0.25) is 0 Å². The minimum absolute atomic E-state index is 0.134. The number of hydrogen-bond donors (Lipinski definition) is 0. The molecule has 366 valence electrons. The summed E-state index contributed by atoms with van der Waals surface area (Å²) in [6, 6.07) is 0. The highest BCUT2D eigenvalue weighted by molar-refractivity contribution is 5.71. The molecule has 0 radical (unpaired) electrons. The van der Waals surface area contributed by atoms with Crippen LogP contribution in [0.4, 0.5) is 0 Å². The highest BCUT2D eigenvalue weighted by atomic mass is 16.6. The zero-order valence-corrected chi connectivity index (χ0v) is 41.6. The maximum Gasteiger partial charge on any atom is 0.306 e. The van der Waals surface area contributed by atoms with Crippen LogP contribution in [0.1, 0.15) is 181 Å². The molecule has 0 aliphatic rings. The average molecular weight is 907 g/mol. The number of esters is 3. The van der Waals surface area contributed by atoms with Crippen LogP contribution in [0.15, 0.2) is 158 Å². The molecule has 1 atom stereocenters. The van der Waals surface area contributed by atoms with Crippen LogP contribution in [0.25, 0.3) is 0 Å². The molecule has 66 heavy (non-hydrogen) atoms. The van der Waals surface area contributed by atoms with Gasteiger partial charge in [-0.25, -0.2) is 0 Å². The van der Waals surface area contributed by atoms with Gasteiger partial charge < -0.3 is 14.2 Å². The van der Waals surface area contributed by atoms with E-state index in [1.54, 1.807) is 0 Å². The topological polar surface area (TPSA) is 78.9 Å². The third kappa shape index (κ3) is 50.0. The van der Waals surface area contributed by atoms with E-state index in [0.717, 1.165) is 116 Å². The van der Waals surface area contributed by atoms with E-state index in [9.17, 15) is 14.4 Å². The molecule has 0 bridgehead atoms. The van der Waals surface area contributed by atoms with Crippen molar-refractivity contribution in [1.29, 1.82) is 0 Å². The molecular weight excluding hydrogens is 817 g/mol. The first kappa shape index (κ1) is 61.0. The van der Waals surface area contributed by atoms with Gasteiger partial charge in [-0.15, -0.1) is 0 Å². The van der Waals surface area contributed by atoms with Crippen LogP contribution in [-0.2, 0) is 28.6 Å². The van der Waals surface area contributed by atoms with Crippen molar-refractivity contribution in [2.75, 3.05) is 13.2 Å². The van der Waals surface area contributed by atoms with Gasteiger partial charge in [0.2, 0.25) is 0 Å². The van der Waals surface area contributed by atoms with Gasteiger partial charge in [-0.05, 0) is 96.3 Å². The maximum absolute atomic E-state index is 12.8. The zero-order chi connectivity index (χ0) is 47.9. The summed E-state index contributed by atoms with van der Waals surface area (Å²) in [4.78, 5) is 37.9. The molecular formula is C60H90O6. The molecule has 0 aliphatic heterocycles. The van der Waals surface area contributed by atoms with Gasteiger partial charge in [0.15, 0.2) is 6.10 Å². The number of hydrogen-bond acceptors (Lipinski definition) is 6. The molecule has 0 aliphatic carbocycles. The van der Waals surface area contributed by atoms with Crippen molar-refractivity contribution >= 4 is 17.9 Å². The van der Waals surface area contributed by atoms with Crippen LogP contribution in [-0.4, -0.2) is 37.2 Å². The van der Waals surface area contributed by atoms with Gasteiger partial charge >= 0.3 is 17.9 Å². The Hall–Kier alpha value is -4.97. The van der Waals surface area contributed by atoms with Gasteiger partial charge in [-0.3, -0.25) is 14.4 Å². The van der Waals surface area contributed by atoms with E-state index in [-0.39, 0.29) is 44.0 Å². The van der Waals surface area contributed by atoms with E-state index < -0.39 is 6.10 Å². The molecule has 0 aromatic carbocycles. The first-order valence-electron chi connectivity index (χ1n) is 25.6. The van der Waals surface area contributed by atoms with Crippen LogP contribution in [0.5, 0.6) is 0 Å². The van der Waals surface area contributed by atoms with Crippen molar-refractivity contribution in [1.82, 2.24) is 0 Å². The average Bonchev–Trinajstić information content (AvgIpc) is 3.31. The second-order valence-corrected chi connectivity index (χ2v) is 16.1. The van der Waals surface area contributed by atoms with Crippen LogP contribution in [0.3, 0.4) is 0 Å². The number of allylic oxidation sites excluding steroid dienone is 26. The molecule has 6 nitrogen and oxygen atoms in total. The largest absolute Gasteiger partial charge is 0.462 e. The summed E-state index contributed by atoms with van der Waals surface area (Å²) in [6.45, 7) is 6.23. The fraction of sp³-hybridized carbons (Fsp3) is 0.517. The normalized spacial score (nSPS) is 13.4. The minimum Gasteiger partial charge on any atom is -0.462 e. The quantitative estimate of drug-likeness (QED) is 0.0199. The summed E-state index contributed by atoms with van der Waals surface area (Å²) < 4.78 is 16.7. The van der Waals surface area contributed by atoms with Gasteiger partial charge in [0.05, 0.1) is 0 Å². The van der Waals surface area contributed by atoms with E-state index in [1.165, 1.54) is 19.3 Å². The lowest BCUT2D eigenvalue weighted by Gasteiger charge is -2.18. The van der Waals surface area contributed by atoms with Crippen LogP contribution < -0.4 is 0 Å². The summed E-state index contributed by atoms with van der Waals surface area (Å²) in [5, 5.41) is 0. The van der Waals surface area contributed by atoms with Crippen LogP contribution >= 0.6 is 0 Å². The van der Waals surface area contributed by atoms with E-state index in [0.29, 0.717) is 12.8 Å². The Kier molecular flexibility index (Phi) is 48.7. The Morgan fingerprint density at radius 3 is 1.21 bits per heavy atom. The van der Waals surface area contributed by atoms with Crippen molar-refractivity contribution < 1.29 is 28.6 Å². The van der Waals surface area contributed by atoms with E-state index in [4.69, 9.17) is 14.2 Å². The minimum atomic E-state index is -0.840. The number of rotatable bonds is 43. The first-order valence-corrected chi connectivity index (χ1v) is 25.6. The SMILES string of the molecule is CC/C=C\C/C=C\C/C=C\C/C=C\C/C=C\C/C=C\CCC(=O)OCC(COC(=O)CCCCC/C=C\C=C/CCCC)OC(=O)CCCCCCC\C=C/C=C\C=C/C=C\C=C/CCC. The standard InChI is InChI=1S/C60H90O6/c1-4-7-10-13-16-19-22-24-26-28-30-32-33-35-38-41-44-47-50-53-59(62)65-56-57(55-64-58(61)52-49-46-43-40-37-21-18-15-12-9-6-3)66-60(63)54-51-48-45-42-39-36-34-31-29-27-25-23-20-17-14-11-8-5-2/h7,10-11,14-21,23-27,29-32,34-35,37-38,44,47,57H,4-6,8-9,12-13,22,28,33,36,39-43,45-46,48-56H2,1-3H3/b10-7-,14-11-,18-15-,19-16-,20-17-,25-23-,26-24-,29-27-,32-30-,34-31-,37-21-,38-35-,47-44-. The molecule has 1 unspecified atom stereocenters. The predicted molar refractivity (Wildman–Crippen MR) is 283 cm³/mol. The second kappa shape index (κ2) is 52.7. The number of carbonyl (C=O) groups is 3. The number of ether oxygens (including phenoxy) is 3. The Balaban J connectivity index is 4.61. The highest BCUT2D eigenvalue weighted by Gasteiger charge is 2.19.